The minimum atomic E-state index is 0.0963. The molecule has 3 aliphatic rings. The van der Waals surface area contributed by atoms with Gasteiger partial charge in [0.25, 0.3) is 5.91 Å². The fourth-order valence-corrected chi connectivity index (χ4v) is 5.11. The Morgan fingerprint density at radius 3 is 2.80 bits per heavy atom. The zero-order valence-corrected chi connectivity index (χ0v) is 16.8. The van der Waals surface area contributed by atoms with E-state index in [0.717, 1.165) is 48.4 Å². The van der Waals surface area contributed by atoms with E-state index in [9.17, 15) is 4.79 Å². The van der Waals surface area contributed by atoms with Gasteiger partial charge in [-0.3, -0.25) is 9.20 Å². The number of hydrogen-bond acceptors (Lipinski definition) is 6. The number of likely N-dealkylation sites (N-methyl/N-ethyl adjacent to an activating group) is 1. The van der Waals surface area contributed by atoms with E-state index >= 15 is 0 Å². The van der Waals surface area contributed by atoms with Crippen LogP contribution < -0.4 is 5.32 Å². The van der Waals surface area contributed by atoms with Gasteiger partial charge in [-0.2, -0.15) is 0 Å². The summed E-state index contributed by atoms with van der Waals surface area (Å²) in [7, 11) is 2.14. The second-order valence-electron chi connectivity index (χ2n) is 8.41. The zero-order chi connectivity index (χ0) is 20.2. The summed E-state index contributed by atoms with van der Waals surface area (Å²) in [4.78, 5) is 31.1. The molecule has 2 saturated heterocycles. The Balaban J connectivity index is 1.37. The first-order chi connectivity index (χ1) is 14.7. The first-order valence-corrected chi connectivity index (χ1v) is 10.4. The molecule has 0 radical (unpaired) electrons. The Kier molecular flexibility index (Phi) is 3.89. The maximum atomic E-state index is 13.4. The molecule has 8 nitrogen and oxygen atoms in total. The Hall–Kier alpha value is -3.26. The smallest absolute Gasteiger partial charge is 0.256 e. The topological polar surface area (TPSA) is 78.7 Å². The molecule has 8 heteroatoms. The van der Waals surface area contributed by atoms with Gasteiger partial charge in [-0.1, -0.05) is 6.08 Å². The van der Waals surface area contributed by atoms with Crippen molar-refractivity contribution in [2.24, 2.45) is 0 Å². The van der Waals surface area contributed by atoms with Crippen LogP contribution >= 0.6 is 0 Å². The quantitative estimate of drug-likeness (QED) is 0.707. The number of amides is 1. The van der Waals surface area contributed by atoms with Gasteiger partial charge in [-0.25, -0.2) is 15.0 Å². The molecule has 2 fully saturated rings. The molecular weight excluding hydrogens is 378 g/mol. The Labute approximate surface area is 174 Å². The van der Waals surface area contributed by atoms with Crippen LogP contribution in [0.2, 0.25) is 0 Å². The molecule has 3 aromatic rings. The molecule has 1 N–H and O–H groups in total. The van der Waals surface area contributed by atoms with Crippen LogP contribution in [0.1, 0.15) is 34.3 Å². The minimum Gasteiger partial charge on any atom is -0.366 e. The van der Waals surface area contributed by atoms with Gasteiger partial charge in [0.15, 0.2) is 0 Å². The highest BCUT2D eigenvalue weighted by Crippen LogP contribution is 2.34. The van der Waals surface area contributed by atoms with Gasteiger partial charge in [0.1, 0.15) is 5.82 Å². The number of carbonyl (C=O) groups excluding carboxylic acids is 1. The number of fused-ring (bicyclic) bond motifs is 4. The summed E-state index contributed by atoms with van der Waals surface area (Å²) in [6.45, 7) is 2.58. The summed E-state index contributed by atoms with van der Waals surface area (Å²) in [5.74, 6) is 1.57. The summed E-state index contributed by atoms with van der Waals surface area (Å²) < 4.78 is 1.90. The molecule has 152 valence electrons. The summed E-state index contributed by atoms with van der Waals surface area (Å²) in [5.41, 5.74) is 3.61. The number of anilines is 1. The van der Waals surface area contributed by atoms with Gasteiger partial charge >= 0.3 is 0 Å². The molecule has 6 rings (SSSR count). The molecule has 2 unspecified atom stereocenters. The van der Waals surface area contributed by atoms with Crippen molar-refractivity contribution in [2.45, 2.75) is 24.9 Å². The zero-order valence-electron chi connectivity index (χ0n) is 16.8. The van der Waals surface area contributed by atoms with Crippen molar-refractivity contribution in [1.82, 2.24) is 29.2 Å². The van der Waals surface area contributed by atoms with E-state index in [4.69, 9.17) is 0 Å². The van der Waals surface area contributed by atoms with Gasteiger partial charge < -0.3 is 15.1 Å². The number of likely N-dealkylation sites (tertiary alicyclic amines) is 1. The number of rotatable bonds is 2. The number of carbonyl (C=O) groups is 1. The van der Waals surface area contributed by atoms with Gasteiger partial charge in [0.05, 0.1) is 5.56 Å². The number of nitrogens with one attached hydrogen (secondary N) is 1. The Morgan fingerprint density at radius 1 is 1.13 bits per heavy atom. The average molecular weight is 401 g/mol. The van der Waals surface area contributed by atoms with Crippen LogP contribution in [0.4, 0.5) is 5.82 Å². The number of hydrogen-bond donors (Lipinski definition) is 1. The molecule has 0 saturated carbocycles. The predicted octanol–water partition coefficient (Wildman–Crippen LogP) is 1.90. The number of imidazole rings is 1. The monoisotopic (exact) mass is 401 g/mol. The molecule has 3 aromatic heterocycles. The highest BCUT2D eigenvalue weighted by atomic mass is 16.2. The number of piperazine rings is 1. The summed E-state index contributed by atoms with van der Waals surface area (Å²) in [6.07, 6.45) is 13.5. The normalized spacial score (nSPS) is 23.2. The summed E-state index contributed by atoms with van der Waals surface area (Å²) >= 11 is 0. The van der Waals surface area contributed by atoms with Crippen molar-refractivity contribution < 1.29 is 4.79 Å². The van der Waals surface area contributed by atoms with Crippen LogP contribution in [-0.2, 0) is 0 Å². The largest absolute Gasteiger partial charge is 0.366 e. The molecule has 0 aliphatic carbocycles. The van der Waals surface area contributed by atoms with Crippen LogP contribution in [0, 0.1) is 0 Å². The van der Waals surface area contributed by atoms with Crippen molar-refractivity contribution >= 4 is 23.1 Å². The highest BCUT2D eigenvalue weighted by Gasteiger charge is 2.42. The molecule has 30 heavy (non-hydrogen) atoms. The first kappa shape index (κ1) is 17.6. The maximum Gasteiger partial charge on any atom is 0.256 e. The second kappa shape index (κ2) is 6.63. The standard InChI is InChI=1S/C22H23N7O/c1-27-12-16-2-3-17(13-27)29(16)21(30)14-8-19-18(4-5-23-20(19)25-9-14)15-10-26-22-24-6-7-28(22)11-15/h4,6-11,16-17H,2-3,5,12-13H2,1H3,(H,23,25). The van der Waals surface area contributed by atoms with E-state index in [-0.39, 0.29) is 5.91 Å². The third-order valence-corrected chi connectivity index (χ3v) is 6.46. The molecule has 2 bridgehead atoms. The highest BCUT2D eigenvalue weighted by molar-refractivity contribution is 5.97. The second-order valence-corrected chi connectivity index (χ2v) is 8.41. The molecule has 6 heterocycles. The van der Waals surface area contributed by atoms with Gasteiger partial charge in [0, 0.05) is 73.8 Å². The molecule has 2 atom stereocenters. The van der Waals surface area contributed by atoms with Crippen molar-refractivity contribution in [2.75, 3.05) is 32.0 Å². The Bertz CT molecular complexity index is 1170. The number of aromatic nitrogens is 4. The number of nitrogens with zero attached hydrogens (tertiary/aromatic N) is 6. The van der Waals surface area contributed by atoms with Crippen LogP contribution in [0.5, 0.6) is 0 Å². The van der Waals surface area contributed by atoms with E-state index in [1.807, 2.05) is 29.1 Å². The first-order valence-electron chi connectivity index (χ1n) is 10.4. The van der Waals surface area contributed by atoms with Gasteiger partial charge in [-0.05, 0) is 31.5 Å². The van der Waals surface area contributed by atoms with Crippen molar-refractivity contribution in [3.8, 4) is 0 Å². The maximum absolute atomic E-state index is 13.4. The SMILES string of the molecule is CN1CC2CCC(C1)N2C(=O)c1cnc2c(c1)C(c1cnc3nccn3c1)=CCN2. The lowest BCUT2D eigenvalue weighted by Crippen LogP contribution is -2.54. The lowest BCUT2D eigenvalue weighted by molar-refractivity contribution is 0.0472. The lowest BCUT2D eigenvalue weighted by atomic mass is 9.96. The van der Waals surface area contributed by atoms with E-state index in [1.165, 1.54) is 0 Å². The van der Waals surface area contributed by atoms with Gasteiger partial charge in [0.2, 0.25) is 5.78 Å². The fourth-order valence-electron chi connectivity index (χ4n) is 5.11. The fraction of sp³-hybridized carbons (Fsp3) is 0.364. The number of pyridine rings is 1. The van der Waals surface area contributed by atoms with Crippen molar-refractivity contribution in [1.29, 1.82) is 0 Å². The van der Waals surface area contributed by atoms with E-state index < -0.39 is 0 Å². The van der Waals surface area contributed by atoms with Crippen molar-refractivity contribution in [3.63, 3.8) is 0 Å². The third-order valence-electron chi connectivity index (χ3n) is 6.46. The molecular formula is C22H23N7O. The third kappa shape index (κ3) is 2.71. The summed E-state index contributed by atoms with van der Waals surface area (Å²) in [5, 5.41) is 3.32. The van der Waals surface area contributed by atoms with Crippen LogP contribution in [0.25, 0.3) is 11.4 Å². The molecule has 1 amide bonds. The summed E-state index contributed by atoms with van der Waals surface area (Å²) in [6, 6.07) is 2.59. The average Bonchev–Trinajstić information content (AvgIpc) is 3.34. The van der Waals surface area contributed by atoms with Crippen LogP contribution in [-0.4, -0.2) is 73.8 Å². The lowest BCUT2D eigenvalue weighted by Gasteiger charge is -2.39. The van der Waals surface area contributed by atoms with E-state index in [2.05, 4.69) is 43.2 Å². The van der Waals surface area contributed by atoms with E-state index in [1.54, 1.807) is 12.4 Å². The Morgan fingerprint density at radius 2 is 1.97 bits per heavy atom. The minimum absolute atomic E-state index is 0.0963. The predicted molar refractivity (Wildman–Crippen MR) is 113 cm³/mol. The van der Waals surface area contributed by atoms with Crippen LogP contribution in [0.3, 0.4) is 0 Å². The van der Waals surface area contributed by atoms with E-state index in [0.29, 0.717) is 30.0 Å². The van der Waals surface area contributed by atoms with Crippen LogP contribution in [0.15, 0.2) is 43.1 Å². The van der Waals surface area contributed by atoms with Crippen molar-refractivity contribution in [3.05, 3.63) is 59.8 Å². The molecule has 3 aliphatic heterocycles. The molecule has 0 spiro atoms. The van der Waals surface area contributed by atoms with Gasteiger partial charge in [-0.15, -0.1) is 0 Å². The molecule has 0 aromatic carbocycles.